The van der Waals surface area contributed by atoms with Gasteiger partial charge in [-0.2, -0.15) is 0 Å². The van der Waals surface area contributed by atoms with E-state index < -0.39 is 0 Å². The van der Waals surface area contributed by atoms with Crippen LogP contribution in [0.4, 0.5) is 5.69 Å². The van der Waals surface area contributed by atoms with Gasteiger partial charge in [-0.05, 0) is 40.5 Å². The maximum atomic E-state index is 7.46. The Balaban J connectivity index is 2.11. The standard InChI is InChI=1S/C13H18BrN3O/c1-18-8-9-4-5-17(7-9)10-2-3-11(13(15)16)12(14)6-10/h2-3,6,9H,4-5,7-8H2,1H3,(H3,15,16). The third-order valence-electron chi connectivity index (χ3n) is 3.30. The lowest BCUT2D eigenvalue weighted by Crippen LogP contribution is -2.21. The molecule has 0 saturated carbocycles. The number of nitrogen functional groups attached to an aromatic ring is 1. The Labute approximate surface area is 116 Å². The van der Waals surface area contributed by atoms with E-state index in [1.54, 1.807) is 7.11 Å². The van der Waals surface area contributed by atoms with E-state index in [2.05, 4.69) is 20.8 Å². The topological polar surface area (TPSA) is 62.3 Å². The molecule has 2 rings (SSSR count). The van der Waals surface area contributed by atoms with E-state index in [0.717, 1.165) is 29.7 Å². The average molecular weight is 312 g/mol. The molecule has 1 fully saturated rings. The molecule has 0 aliphatic carbocycles. The zero-order valence-corrected chi connectivity index (χ0v) is 12.0. The van der Waals surface area contributed by atoms with E-state index in [0.29, 0.717) is 5.92 Å². The molecule has 98 valence electrons. The van der Waals surface area contributed by atoms with Gasteiger partial charge in [0.25, 0.3) is 0 Å². The summed E-state index contributed by atoms with van der Waals surface area (Å²) >= 11 is 3.47. The summed E-state index contributed by atoms with van der Waals surface area (Å²) < 4.78 is 6.08. The van der Waals surface area contributed by atoms with E-state index in [9.17, 15) is 0 Å². The van der Waals surface area contributed by atoms with Crippen molar-refractivity contribution in [2.45, 2.75) is 6.42 Å². The summed E-state index contributed by atoms with van der Waals surface area (Å²) in [5, 5.41) is 7.46. The molecule has 0 amide bonds. The molecule has 1 unspecified atom stereocenters. The van der Waals surface area contributed by atoms with Gasteiger partial charge in [-0.1, -0.05) is 0 Å². The van der Waals surface area contributed by atoms with Gasteiger partial charge >= 0.3 is 0 Å². The van der Waals surface area contributed by atoms with Crippen molar-refractivity contribution in [3.63, 3.8) is 0 Å². The summed E-state index contributed by atoms with van der Waals surface area (Å²) in [6, 6.07) is 5.95. The van der Waals surface area contributed by atoms with Gasteiger partial charge in [-0.25, -0.2) is 0 Å². The Morgan fingerprint density at radius 1 is 1.61 bits per heavy atom. The highest BCUT2D eigenvalue weighted by atomic mass is 79.9. The Bertz CT molecular complexity index is 450. The molecule has 1 heterocycles. The van der Waals surface area contributed by atoms with Crippen molar-refractivity contribution in [1.82, 2.24) is 0 Å². The number of ether oxygens (including phenoxy) is 1. The van der Waals surface area contributed by atoms with Gasteiger partial charge in [0.15, 0.2) is 0 Å². The van der Waals surface area contributed by atoms with Crippen LogP contribution < -0.4 is 10.6 Å². The number of benzene rings is 1. The summed E-state index contributed by atoms with van der Waals surface area (Å²) in [4.78, 5) is 2.35. The molecule has 18 heavy (non-hydrogen) atoms. The predicted molar refractivity (Wildman–Crippen MR) is 77.4 cm³/mol. The molecule has 0 spiro atoms. The van der Waals surface area contributed by atoms with Crippen molar-refractivity contribution in [3.8, 4) is 0 Å². The van der Waals surface area contributed by atoms with Crippen LogP contribution in [0.15, 0.2) is 22.7 Å². The minimum Gasteiger partial charge on any atom is -0.384 e. The van der Waals surface area contributed by atoms with Gasteiger partial charge in [0.2, 0.25) is 0 Å². The van der Waals surface area contributed by atoms with Gasteiger partial charge in [0.1, 0.15) is 5.84 Å². The largest absolute Gasteiger partial charge is 0.384 e. The molecule has 0 bridgehead atoms. The normalized spacial score (nSPS) is 19.2. The highest BCUT2D eigenvalue weighted by Crippen LogP contribution is 2.28. The van der Waals surface area contributed by atoms with Crippen LogP contribution in [-0.2, 0) is 4.74 Å². The number of halogens is 1. The Morgan fingerprint density at radius 3 is 3.00 bits per heavy atom. The van der Waals surface area contributed by atoms with Crippen LogP contribution in [-0.4, -0.2) is 32.6 Å². The fourth-order valence-corrected chi connectivity index (χ4v) is 2.94. The van der Waals surface area contributed by atoms with Gasteiger partial charge in [0, 0.05) is 41.8 Å². The molecule has 1 saturated heterocycles. The molecule has 4 nitrogen and oxygen atoms in total. The number of hydrogen-bond donors (Lipinski definition) is 2. The second-order valence-electron chi connectivity index (χ2n) is 4.63. The first-order chi connectivity index (χ1) is 8.61. The number of nitrogens with zero attached hydrogens (tertiary/aromatic N) is 1. The van der Waals surface area contributed by atoms with Crippen LogP contribution in [0.25, 0.3) is 0 Å². The minimum absolute atomic E-state index is 0.0899. The Hall–Kier alpha value is -1.07. The van der Waals surface area contributed by atoms with Crippen molar-refractivity contribution < 1.29 is 4.74 Å². The maximum Gasteiger partial charge on any atom is 0.123 e. The van der Waals surface area contributed by atoms with Gasteiger partial charge in [0.05, 0.1) is 6.61 Å². The van der Waals surface area contributed by atoms with Crippen LogP contribution in [0, 0.1) is 11.3 Å². The highest BCUT2D eigenvalue weighted by Gasteiger charge is 2.22. The number of rotatable bonds is 4. The zero-order valence-electron chi connectivity index (χ0n) is 10.4. The lowest BCUT2D eigenvalue weighted by Gasteiger charge is -2.19. The summed E-state index contributed by atoms with van der Waals surface area (Å²) in [5.74, 6) is 0.702. The average Bonchev–Trinajstić information content (AvgIpc) is 2.77. The number of nitrogens with two attached hydrogens (primary N) is 1. The quantitative estimate of drug-likeness (QED) is 0.662. The number of methoxy groups -OCH3 is 1. The second-order valence-corrected chi connectivity index (χ2v) is 5.49. The van der Waals surface area contributed by atoms with Crippen molar-refractivity contribution in [2.75, 3.05) is 31.7 Å². The molecule has 1 aliphatic heterocycles. The molecule has 0 radical (unpaired) electrons. The number of nitrogens with one attached hydrogen (secondary N) is 1. The third-order valence-corrected chi connectivity index (χ3v) is 3.95. The molecule has 1 aromatic carbocycles. The SMILES string of the molecule is COCC1CCN(c2ccc(C(=N)N)c(Br)c2)C1. The van der Waals surface area contributed by atoms with E-state index in [-0.39, 0.29) is 5.84 Å². The molecule has 0 aromatic heterocycles. The van der Waals surface area contributed by atoms with Crippen LogP contribution >= 0.6 is 15.9 Å². The maximum absolute atomic E-state index is 7.46. The van der Waals surface area contributed by atoms with E-state index >= 15 is 0 Å². The van der Waals surface area contributed by atoms with Crippen molar-refractivity contribution in [3.05, 3.63) is 28.2 Å². The van der Waals surface area contributed by atoms with Gasteiger partial charge in [-0.15, -0.1) is 0 Å². The smallest absolute Gasteiger partial charge is 0.123 e. The van der Waals surface area contributed by atoms with Gasteiger partial charge in [-0.3, -0.25) is 5.41 Å². The predicted octanol–water partition coefficient (Wildman–Crippen LogP) is 2.21. The van der Waals surface area contributed by atoms with Crippen molar-refractivity contribution in [1.29, 1.82) is 5.41 Å². The molecule has 3 N–H and O–H groups in total. The number of amidine groups is 1. The van der Waals surface area contributed by atoms with Crippen LogP contribution in [0.1, 0.15) is 12.0 Å². The van der Waals surface area contributed by atoms with Gasteiger partial charge < -0.3 is 15.4 Å². The zero-order chi connectivity index (χ0) is 13.1. The fraction of sp³-hybridized carbons (Fsp3) is 0.462. The molecule has 5 heteroatoms. The summed E-state index contributed by atoms with van der Waals surface area (Å²) in [5.41, 5.74) is 7.42. The second kappa shape index (κ2) is 5.71. The number of anilines is 1. The monoisotopic (exact) mass is 311 g/mol. The molecular weight excluding hydrogens is 294 g/mol. The van der Waals surface area contributed by atoms with Crippen molar-refractivity contribution >= 4 is 27.5 Å². The lowest BCUT2D eigenvalue weighted by molar-refractivity contribution is 0.161. The van der Waals surface area contributed by atoms with Crippen LogP contribution in [0.5, 0.6) is 0 Å². The van der Waals surface area contributed by atoms with Crippen molar-refractivity contribution in [2.24, 2.45) is 11.7 Å². The Kier molecular flexibility index (Phi) is 4.24. The summed E-state index contributed by atoms with van der Waals surface area (Å²) in [6.45, 7) is 2.91. The van der Waals surface area contributed by atoms with E-state index in [1.807, 2.05) is 18.2 Å². The highest BCUT2D eigenvalue weighted by molar-refractivity contribution is 9.10. The van der Waals surface area contributed by atoms with E-state index in [1.165, 1.54) is 12.1 Å². The number of hydrogen-bond acceptors (Lipinski definition) is 3. The van der Waals surface area contributed by atoms with Crippen LogP contribution in [0.2, 0.25) is 0 Å². The molecular formula is C13H18BrN3O. The lowest BCUT2D eigenvalue weighted by atomic mass is 10.1. The first-order valence-electron chi connectivity index (χ1n) is 5.99. The fourth-order valence-electron chi connectivity index (χ4n) is 2.36. The minimum atomic E-state index is 0.0899. The molecule has 1 aliphatic rings. The van der Waals surface area contributed by atoms with E-state index in [4.69, 9.17) is 15.9 Å². The Morgan fingerprint density at radius 2 is 2.39 bits per heavy atom. The first kappa shape index (κ1) is 13.4. The summed E-state index contributed by atoms with van der Waals surface area (Å²) in [6.07, 6.45) is 1.17. The molecule has 1 atom stereocenters. The first-order valence-corrected chi connectivity index (χ1v) is 6.79. The third kappa shape index (κ3) is 2.84. The summed E-state index contributed by atoms with van der Waals surface area (Å²) in [7, 11) is 1.75. The molecule has 1 aromatic rings. The van der Waals surface area contributed by atoms with Crippen LogP contribution in [0.3, 0.4) is 0 Å².